The Morgan fingerprint density at radius 3 is 2.79 bits per heavy atom. The van der Waals surface area contributed by atoms with Crippen molar-refractivity contribution < 1.29 is 27.4 Å². The summed E-state index contributed by atoms with van der Waals surface area (Å²) in [6.45, 7) is 3.37. The number of nitrogens with one attached hydrogen (secondary N) is 1. The molecule has 4 rings (SSSR count). The monoisotopic (exact) mass is 463 g/mol. The number of aryl methyl sites for hydroxylation is 1. The number of nitrogens with zero attached hydrogens (tertiary/aromatic N) is 4. The molecule has 0 saturated carbocycles. The number of ether oxygens (including phenoxy) is 2. The number of hydrogen-bond donors (Lipinski definition) is 1. The third kappa shape index (κ3) is 4.98. The van der Waals surface area contributed by atoms with Crippen molar-refractivity contribution in [1.29, 1.82) is 0 Å². The third-order valence-corrected chi connectivity index (χ3v) is 5.64. The Balaban J connectivity index is 1.77. The van der Waals surface area contributed by atoms with Gasteiger partial charge in [0.15, 0.2) is 0 Å². The van der Waals surface area contributed by atoms with Crippen LogP contribution in [0.2, 0.25) is 0 Å². The highest BCUT2D eigenvalue weighted by Crippen LogP contribution is 2.34. The van der Waals surface area contributed by atoms with E-state index in [1.807, 2.05) is 0 Å². The SMILES string of the molecule is COCCn1c(C(NC(=O)c2cnc(C)cn2)C2CCOC2)nc2cc(C(F)(F)F)ccc21. The smallest absolute Gasteiger partial charge is 0.383 e. The van der Waals surface area contributed by atoms with Gasteiger partial charge < -0.3 is 19.4 Å². The molecule has 1 saturated heterocycles. The number of carbonyl (C=O) groups excluding carboxylic acids is 1. The molecule has 1 N–H and O–H groups in total. The Labute approximate surface area is 188 Å². The molecule has 33 heavy (non-hydrogen) atoms. The Hall–Kier alpha value is -3.05. The first-order chi connectivity index (χ1) is 15.8. The molecule has 176 valence electrons. The van der Waals surface area contributed by atoms with E-state index < -0.39 is 23.7 Å². The van der Waals surface area contributed by atoms with Gasteiger partial charge in [0.05, 0.1) is 47.7 Å². The van der Waals surface area contributed by atoms with Gasteiger partial charge in [-0.3, -0.25) is 9.78 Å². The predicted octanol–water partition coefficient (Wildman–Crippen LogP) is 3.31. The van der Waals surface area contributed by atoms with Gasteiger partial charge >= 0.3 is 6.18 Å². The highest BCUT2D eigenvalue weighted by atomic mass is 19.4. The number of fused-ring (bicyclic) bond motifs is 1. The number of methoxy groups -OCH3 is 1. The molecule has 0 spiro atoms. The molecule has 11 heteroatoms. The van der Waals surface area contributed by atoms with Gasteiger partial charge in [-0.25, -0.2) is 9.97 Å². The molecule has 1 aliphatic heterocycles. The topological polar surface area (TPSA) is 91.2 Å². The molecule has 0 aliphatic carbocycles. The minimum Gasteiger partial charge on any atom is -0.383 e. The lowest BCUT2D eigenvalue weighted by Gasteiger charge is -2.24. The lowest BCUT2D eigenvalue weighted by Crippen LogP contribution is -2.36. The lowest BCUT2D eigenvalue weighted by atomic mass is 9.98. The lowest BCUT2D eigenvalue weighted by molar-refractivity contribution is -0.137. The summed E-state index contributed by atoms with van der Waals surface area (Å²) in [5.74, 6) is -0.0985. The van der Waals surface area contributed by atoms with Crippen LogP contribution < -0.4 is 5.32 Å². The fourth-order valence-corrected chi connectivity index (χ4v) is 3.91. The van der Waals surface area contributed by atoms with E-state index in [2.05, 4.69) is 20.3 Å². The van der Waals surface area contributed by atoms with Crippen molar-refractivity contribution in [3.8, 4) is 0 Å². The Kier molecular flexibility index (Phi) is 6.61. The second kappa shape index (κ2) is 9.44. The number of rotatable bonds is 7. The van der Waals surface area contributed by atoms with Crippen LogP contribution in [0.25, 0.3) is 11.0 Å². The van der Waals surface area contributed by atoms with Crippen molar-refractivity contribution in [2.75, 3.05) is 26.9 Å². The van der Waals surface area contributed by atoms with Gasteiger partial charge in [0, 0.05) is 32.4 Å². The molecule has 2 aromatic heterocycles. The van der Waals surface area contributed by atoms with E-state index in [1.54, 1.807) is 18.6 Å². The summed E-state index contributed by atoms with van der Waals surface area (Å²) in [6.07, 6.45) is -0.932. The van der Waals surface area contributed by atoms with E-state index in [-0.39, 0.29) is 17.1 Å². The number of amides is 1. The van der Waals surface area contributed by atoms with Gasteiger partial charge in [-0.2, -0.15) is 13.2 Å². The maximum Gasteiger partial charge on any atom is 0.416 e. The molecule has 1 fully saturated rings. The summed E-state index contributed by atoms with van der Waals surface area (Å²) in [4.78, 5) is 25.7. The Morgan fingerprint density at radius 2 is 2.15 bits per heavy atom. The van der Waals surface area contributed by atoms with Crippen molar-refractivity contribution in [3.63, 3.8) is 0 Å². The minimum atomic E-state index is -4.48. The second-order valence-corrected chi connectivity index (χ2v) is 7.93. The summed E-state index contributed by atoms with van der Waals surface area (Å²) >= 11 is 0. The zero-order valence-electron chi connectivity index (χ0n) is 18.2. The molecular formula is C22H24F3N5O3. The minimum absolute atomic E-state index is 0.104. The van der Waals surface area contributed by atoms with Gasteiger partial charge in [0.2, 0.25) is 0 Å². The largest absolute Gasteiger partial charge is 0.416 e. The van der Waals surface area contributed by atoms with Gasteiger partial charge in [0.25, 0.3) is 5.91 Å². The van der Waals surface area contributed by atoms with Crippen LogP contribution in [0, 0.1) is 12.8 Å². The van der Waals surface area contributed by atoms with E-state index in [0.717, 1.165) is 12.1 Å². The van der Waals surface area contributed by atoms with E-state index >= 15 is 0 Å². The average molecular weight is 463 g/mol. The van der Waals surface area contributed by atoms with E-state index in [1.165, 1.54) is 18.5 Å². The summed E-state index contributed by atoms with van der Waals surface area (Å²) in [6, 6.07) is 2.87. The highest BCUT2D eigenvalue weighted by Gasteiger charge is 2.35. The molecule has 0 bridgehead atoms. The first-order valence-corrected chi connectivity index (χ1v) is 10.5. The number of imidazole rings is 1. The third-order valence-electron chi connectivity index (χ3n) is 5.64. The van der Waals surface area contributed by atoms with Crippen LogP contribution in [0.15, 0.2) is 30.6 Å². The number of alkyl halides is 3. The zero-order valence-corrected chi connectivity index (χ0v) is 18.2. The number of hydrogen-bond acceptors (Lipinski definition) is 6. The van der Waals surface area contributed by atoms with Crippen molar-refractivity contribution in [1.82, 2.24) is 24.8 Å². The maximum absolute atomic E-state index is 13.3. The van der Waals surface area contributed by atoms with Gasteiger partial charge in [-0.15, -0.1) is 0 Å². The average Bonchev–Trinajstić information content (AvgIpc) is 3.43. The fraction of sp³-hybridized carbons (Fsp3) is 0.455. The predicted molar refractivity (Wildman–Crippen MR) is 113 cm³/mol. The van der Waals surface area contributed by atoms with Crippen molar-refractivity contribution >= 4 is 16.9 Å². The molecule has 2 atom stereocenters. The van der Waals surface area contributed by atoms with Crippen LogP contribution in [0.4, 0.5) is 13.2 Å². The molecule has 0 radical (unpaired) electrons. The number of carbonyl (C=O) groups is 1. The standard InChI is InChI=1S/C22H24F3N5O3/c1-13-10-27-17(11-26-13)21(31)29-19(14-5-7-33-12-14)20-28-16-9-15(22(23,24)25)3-4-18(16)30(20)6-8-32-2/h3-4,9-11,14,19H,5-8,12H2,1-2H3,(H,29,31). The summed E-state index contributed by atoms with van der Waals surface area (Å²) < 4.78 is 52.4. The van der Waals surface area contributed by atoms with Crippen LogP contribution in [0.3, 0.4) is 0 Å². The molecule has 3 aromatic rings. The molecule has 1 amide bonds. The van der Waals surface area contributed by atoms with Crippen molar-refractivity contribution in [2.45, 2.75) is 32.1 Å². The van der Waals surface area contributed by atoms with E-state index in [4.69, 9.17) is 9.47 Å². The van der Waals surface area contributed by atoms with Crippen LogP contribution in [-0.4, -0.2) is 52.4 Å². The van der Waals surface area contributed by atoms with E-state index in [9.17, 15) is 18.0 Å². The zero-order chi connectivity index (χ0) is 23.6. The quantitative estimate of drug-likeness (QED) is 0.578. The van der Waals surface area contributed by atoms with Gasteiger partial charge in [0.1, 0.15) is 11.5 Å². The van der Waals surface area contributed by atoms with Crippen LogP contribution in [0.1, 0.15) is 40.0 Å². The number of halogens is 3. The first-order valence-electron chi connectivity index (χ1n) is 10.5. The molecule has 8 nitrogen and oxygen atoms in total. The van der Waals surface area contributed by atoms with Crippen LogP contribution in [0.5, 0.6) is 0 Å². The summed E-state index contributed by atoms with van der Waals surface area (Å²) in [5, 5.41) is 2.97. The summed E-state index contributed by atoms with van der Waals surface area (Å²) in [5.41, 5.74) is 0.766. The first kappa shape index (κ1) is 23.1. The number of aromatic nitrogens is 4. The van der Waals surface area contributed by atoms with Gasteiger partial charge in [-0.1, -0.05) is 0 Å². The van der Waals surface area contributed by atoms with Crippen LogP contribution >= 0.6 is 0 Å². The molecular weight excluding hydrogens is 439 g/mol. The van der Waals surface area contributed by atoms with Crippen molar-refractivity contribution in [3.05, 3.63) is 53.4 Å². The van der Waals surface area contributed by atoms with Crippen molar-refractivity contribution in [2.24, 2.45) is 5.92 Å². The fourth-order valence-electron chi connectivity index (χ4n) is 3.91. The Bertz CT molecular complexity index is 1120. The van der Waals surface area contributed by atoms with Gasteiger partial charge in [-0.05, 0) is 31.5 Å². The normalized spacial score (nSPS) is 17.4. The highest BCUT2D eigenvalue weighted by molar-refractivity contribution is 5.92. The second-order valence-electron chi connectivity index (χ2n) is 7.93. The molecule has 1 aromatic carbocycles. The number of benzene rings is 1. The summed E-state index contributed by atoms with van der Waals surface area (Å²) in [7, 11) is 1.54. The molecule has 2 unspecified atom stereocenters. The molecule has 1 aliphatic rings. The van der Waals surface area contributed by atoms with E-state index in [0.29, 0.717) is 49.8 Å². The molecule has 3 heterocycles. The van der Waals surface area contributed by atoms with Crippen LogP contribution in [-0.2, 0) is 22.2 Å². The Morgan fingerprint density at radius 1 is 1.33 bits per heavy atom. The maximum atomic E-state index is 13.3.